The molecule has 0 fully saturated rings. The van der Waals surface area contributed by atoms with Gasteiger partial charge in [-0.1, -0.05) is 33.1 Å². The molecule has 5 heterocycles. The second-order valence-corrected chi connectivity index (χ2v) is 27.2. The van der Waals surface area contributed by atoms with E-state index < -0.39 is 13.3 Å². The maximum Gasteiger partial charge on any atom is 0.216 e. The molecule has 8 heteroatoms. The van der Waals surface area contributed by atoms with Gasteiger partial charge in [0.15, 0.2) is 0 Å². The zero-order chi connectivity index (χ0) is 38.2. The number of rotatable bonds is 9. The van der Waals surface area contributed by atoms with Crippen LogP contribution in [-0.4, -0.2) is 37.8 Å². The van der Waals surface area contributed by atoms with E-state index in [4.69, 9.17) is 19.4 Å². The van der Waals surface area contributed by atoms with Crippen molar-refractivity contribution in [1.29, 1.82) is 0 Å². The predicted molar refractivity (Wildman–Crippen MR) is 225 cm³/mol. The molecule has 285 valence electrons. The van der Waals surface area contributed by atoms with Gasteiger partial charge >= 0.3 is 145 Å². The van der Waals surface area contributed by atoms with E-state index in [1.807, 2.05) is 30.5 Å². The zero-order valence-electron chi connectivity index (χ0n) is 34.1. The molecule has 7 aromatic rings. The molecule has 0 saturated heterocycles. The Hall–Kier alpha value is -3.65. The first kappa shape index (κ1) is 41.5. The molecular weight excluding hydrogens is 903 g/mol. The first-order valence-corrected chi connectivity index (χ1v) is 26.6. The van der Waals surface area contributed by atoms with E-state index in [9.17, 15) is 0 Å². The van der Waals surface area contributed by atoms with Crippen LogP contribution in [0.4, 0.5) is 0 Å². The van der Waals surface area contributed by atoms with E-state index >= 15 is 0 Å². The number of nitrogens with zero attached hydrogens (tertiary/aromatic N) is 5. The van der Waals surface area contributed by atoms with E-state index in [-0.39, 0.29) is 20.1 Å². The molecule has 6 nitrogen and oxygen atoms in total. The summed E-state index contributed by atoms with van der Waals surface area (Å²) in [4.78, 5) is 19.1. The molecule has 5 aromatic heterocycles. The number of benzene rings is 2. The van der Waals surface area contributed by atoms with Crippen molar-refractivity contribution in [3.8, 4) is 22.6 Å². The van der Waals surface area contributed by atoms with Gasteiger partial charge in [0.25, 0.3) is 0 Å². The first-order valence-electron chi connectivity index (χ1n) is 19.2. The minimum Gasteiger partial charge on any atom is -0.486 e. The number of hydrogen-bond donors (Lipinski definition) is 0. The number of pyridine rings is 3. The third-order valence-corrected chi connectivity index (χ3v) is 15.2. The van der Waals surface area contributed by atoms with Crippen molar-refractivity contribution < 1.29 is 24.5 Å². The summed E-state index contributed by atoms with van der Waals surface area (Å²) >= 11 is -1.96. The Balaban J connectivity index is 0.000000212. The van der Waals surface area contributed by atoms with E-state index in [2.05, 4.69) is 144 Å². The SMILES string of the molecule is CCC(C)(C)C(C)c1cc(-c2[c-]cccc2)nc[c]1[Ge]([CH3])([CH3])[CH3].CCn1c(-c2[c-]cc3oc4nc(C(C)C)ccc4c3c2)nc2ccnc(C(C)C)c21.[Ir]. The van der Waals surface area contributed by atoms with E-state index in [0.29, 0.717) is 28.9 Å². The Kier molecular flexibility index (Phi) is 12.8. The summed E-state index contributed by atoms with van der Waals surface area (Å²) in [6.07, 6.45) is 5.19. The average Bonchev–Trinajstić information content (AvgIpc) is 3.72. The fourth-order valence-electron chi connectivity index (χ4n) is 6.99. The Labute approximate surface area is 338 Å². The van der Waals surface area contributed by atoms with Crippen LogP contribution in [0.5, 0.6) is 0 Å². The maximum atomic E-state index is 6.02. The van der Waals surface area contributed by atoms with Crippen molar-refractivity contribution in [2.75, 3.05) is 0 Å². The number of imidazole rings is 1. The van der Waals surface area contributed by atoms with Crippen LogP contribution in [0.25, 0.3) is 55.7 Å². The average molecular weight is 959 g/mol. The normalized spacial score (nSPS) is 12.7. The van der Waals surface area contributed by atoms with Crippen LogP contribution in [0, 0.1) is 17.5 Å². The molecule has 1 radical (unpaired) electrons. The minimum atomic E-state index is -1.96. The minimum absolute atomic E-state index is 0. The van der Waals surface area contributed by atoms with Crippen molar-refractivity contribution in [3.05, 3.63) is 102 Å². The number of hydrogen-bond acceptors (Lipinski definition) is 5. The molecule has 0 spiro atoms. The molecule has 0 bridgehead atoms. The summed E-state index contributed by atoms with van der Waals surface area (Å²) in [5, 5.41) is 2.06. The third kappa shape index (κ3) is 8.29. The molecular formula is C46H55GeIrN5O-2. The van der Waals surface area contributed by atoms with Crippen LogP contribution < -0.4 is 4.40 Å². The fraction of sp³-hybridized carbons (Fsp3) is 0.391. The van der Waals surface area contributed by atoms with Gasteiger partial charge in [0.1, 0.15) is 0 Å². The molecule has 54 heavy (non-hydrogen) atoms. The number of aryl methyl sites for hydroxylation is 1. The summed E-state index contributed by atoms with van der Waals surface area (Å²) in [6, 6.07) is 27.4. The molecule has 7 rings (SSSR count). The van der Waals surface area contributed by atoms with Crippen LogP contribution in [0.1, 0.15) is 103 Å². The van der Waals surface area contributed by atoms with Gasteiger partial charge in [0.2, 0.25) is 5.71 Å². The summed E-state index contributed by atoms with van der Waals surface area (Å²) in [5.74, 6) is 9.50. The number of furan rings is 1. The number of aromatic nitrogens is 5. The molecule has 1 atom stereocenters. The Morgan fingerprint density at radius 2 is 1.61 bits per heavy atom. The molecule has 0 aliphatic heterocycles. The Bertz CT molecular complexity index is 2370. The van der Waals surface area contributed by atoms with E-state index in [0.717, 1.165) is 68.0 Å². The zero-order valence-corrected chi connectivity index (χ0v) is 38.5. The molecule has 1 unspecified atom stereocenters. The van der Waals surface area contributed by atoms with Crippen LogP contribution >= 0.6 is 0 Å². The first-order chi connectivity index (χ1) is 25.1. The van der Waals surface area contributed by atoms with Crippen molar-refractivity contribution in [1.82, 2.24) is 24.5 Å². The number of fused-ring (bicyclic) bond motifs is 4. The van der Waals surface area contributed by atoms with Gasteiger partial charge in [-0.15, -0.1) is 23.8 Å². The summed E-state index contributed by atoms with van der Waals surface area (Å²) in [6.45, 7) is 21.0. The topological polar surface area (TPSA) is 69.6 Å². The fourth-order valence-corrected chi connectivity index (χ4v) is 10.4. The van der Waals surface area contributed by atoms with Crippen LogP contribution in [0.15, 0.2) is 77.5 Å². The monoisotopic (exact) mass is 960 g/mol. The maximum absolute atomic E-state index is 6.02. The van der Waals surface area contributed by atoms with Crippen molar-refractivity contribution in [2.45, 2.75) is 110 Å². The molecule has 0 amide bonds. The van der Waals surface area contributed by atoms with Gasteiger partial charge in [0, 0.05) is 43.9 Å². The Morgan fingerprint density at radius 3 is 2.24 bits per heavy atom. The molecule has 0 saturated carbocycles. The smallest absolute Gasteiger partial charge is 0.216 e. The standard InChI is InChI=1S/C25H25N4O.C21H30GeN.Ir/c1-6-29-23-20(11-12-26-22(23)15(4)5)27-24(29)16-7-10-21-18(13-16)17-8-9-19(14(2)3)28-25(17)30-21;1-8-21(3,4)16(2)18-14-20(17-12-10-9-11-13-17)23-15-19(18)22(5,6)7;/h8-15H,6H2,1-5H3;9-12,14-16H,8H2,1-7H3;/q2*-1;. The largest absolute Gasteiger partial charge is 0.486 e. The van der Waals surface area contributed by atoms with Crippen LogP contribution in [0.2, 0.25) is 17.3 Å². The summed E-state index contributed by atoms with van der Waals surface area (Å²) < 4.78 is 9.80. The second-order valence-electron chi connectivity index (χ2n) is 16.6. The molecule has 0 aliphatic carbocycles. The molecule has 2 aromatic carbocycles. The van der Waals surface area contributed by atoms with Gasteiger partial charge in [-0.05, 0) is 37.0 Å². The predicted octanol–water partition coefficient (Wildman–Crippen LogP) is 12.1. The van der Waals surface area contributed by atoms with Gasteiger partial charge in [-0.3, -0.25) is 9.97 Å². The van der Waals surface area contributed by atoms with Crippen LogP contribution in [-0.2, 0) is 26.7 Å². The van der Waals surface area contributed by atoms with Crippen molar-refractivity contribution in [2.24, 2.45) is 5.41 Å². The Morgan fingerprint density at radius 1 is 0.852 bits per heavy atom. The molecule has 0 N–H and O–H groups in total. The van der Waals surface area contributed by atoms with Gasteiger partial charge in [0.05, 0.1) is 28.1 Å². The second kappa shape index (κ2) is 16.6. The quantitative estimate of drug-likeness (QED) is 0.106. The van der Waals surface area contributed by atoms with E-state index in [1.165, 1.54) is 12.0 Å². The van der Waals surface area contributed by atoms with E-state index in [1.54, 1.807) is 4.40 Å². The summed E-state index contributed by atoms with van der Waals surface area (Å²) in [7, 11) is 0. The molecule has 0 aliphatic rings. The van der Waals surface area contributed by atoms with Crippen molar-refractivity contribution in [3.63, 3.8) is 0 Å². The van der Waals surface area contributed by atoms with Gasteiger partial charge in [-0.25, -0.2) is 4.98 Å². The third-order valence-electron chi connectivity index (χ3n) is 10.9. The van der Waals surface area contributed by atoms with Gasteiger partial charge in [-0.2, -0.15) is 0 Å². The van der Waals surface area contributed by atoms with Crippen molar-refractivity contribution >= 4 is 50.8 Å². The van der Waals surface area contributed by atoms with Gasteiger partial charge < -0.3 is 8.98 Å². The van der Waals surface area contributed by atoms with Crippen LogP contribution in [0.3, 0.4) is 0 Å². The summed E-state index contributed by atoms with van der Waals surface area (Å²) in [5.41, 5.74) is 10.6.